The van der Waals surface area contributed by atoms with Gasteiger partial charge in [0.15, 0.2) is 0 Å². The van der Waals surface area contributed by atoms with Crippen molar-refractivity contribution in [1.82, 2.24) is 10.6 Å². The third kappa shape index (κ3) is 1.33. The van der Waals surface area contributed by atoms with Crippen LogP contribution in [-0.2, 0) is 0 Å². The molecule has 0 aromatic carbocycles. The molecule has 1 saturated carbocycles. The maximum Gasteiger partial charge on any atom is 0.107 e. The van der Waals surface area contributed by atoms with Crippen LogP contribution in [-0.4, -0.2) is 24.7 Å². The molecule has 0 aromatic heterocycles. The monoisotopic (exact) mass is 165 g/mol. The Balaban J connectivity index is 1.93. The van der Waals surface area contributed by atoms with E-state index in [2.05, 4.69) is 16.7 Å². The number of hydrogen-bond acceptors (Lipinski definition) is 3. The summed E-state index contributed by atoms with van der Waals surface area (Å²) in [5.41, 5.74) is -0.174. The summed E-state index contributed by atoms with van der Waals surface area (Å²) in [5, 5.41) is 15.7. The van der Waals surface area contributed by atoms with Crippen LogP contribution in [0.15, 0.2) is 0 Å². The lowest BCUT2D eigenvalue weighted by Gasteiger charge is -2.35. The molecule has 2 aliphatic rings. The van der Waals surface area contributed by atoms with Crippen LogP contribution in [0.25, 0.3) is 0 Å². The lowest BCUT2D eigenvalue weighted by molar-refractivity contribution is 0.287. The van der Waals surface area contributed by atoms with Crippen LogP contribution in [0.3, 0.4) is 0 Å². The molecule has 1 heterocycles. The Morgan fingerprint density at radius 2 is 2.00 bits per heavy atom. The zero-order valence-corrected chi connectivity index (χ0v) is 7.27. The van der Waals surface area contributed by atoms with Gasteiger partial charge in [-0.25, -0.2) is 0 Å². The summed E-state index contributed by atoms with van der Waals surface area (Å²) >= 11 is 0. The minimum absolute atomic E-state index is 0.174. The largest absolute Gasteiger partial charge is 0.314 e. The van der Waals surface area contributed by atoms with Crippen molar-refractivity contribution in [3.05, 3.63) is 0 Å². The highest BCUT2D eigenvalue weighted by atomic mass is 15.1. The van der Waals surface area contributed by atoms with E-state index in [4.69, 9.17) is 5.26 Å². The van der Waals surface area contributed by atoms with Crippen molar-refractivity contribution in [3.8, 4) is 6.07 Å². The Labute approximate surface area is 73.1 Å². The molecule has 0 atom stereocenters. The fourth-order valence-corrected chi connectivity index (χ4v) is 2.05. The van der Waals surface area contributed by atoms with Gasteiger partial charge in [0, 0.05) is 19.1 Å². The Hall–Kier alpha value is -0.590. The van der Waals surface area contributed by atoms with E-state index in [-0.39, 0.29) is 5.54 Å². The number of nitrogens with one attached hydrogen (secondary N) is 2. The molecule has 0 bridgehead atoms. The molecule has 0 radical (unpaired) electrons. The molecule has 12 heavy (non-hydrogen) atoms. The molecule has 1 saturated heterocycles. The summed E-state index contributed by atoms with van der Waals surface area (Å²) in [6, 6.07) is 2.98. The van der Waals surface area contributed by atoms with Crippen LogP contribution in [0, 0.1) is 11.3 Å². The van der Waals surface area contributed by atoms with E-state index < -0.39 is 0 Å². The molecule has 2 rings (SSSR count). The van der Waals surface area contributed by atoms with Crippen molar-refractivity contribution < 1.29 is 0 Å². The number of nitrogens with zero attached hydrogens (tertiary/aromatic N) is 1. The summed E-state index contributed by atoms with van der Waals surface area (Å²) in [4.78, 5) is 0. The van der Waals surface area contributed by atoms with Gasteiger partial charge in [0.1, 0.15) is 5.54 Å². The van der Waals surface area contributed by atoms with Gasteiger partial charge < -0.3 is 5.32 Å². The third-order valence-corrected chi connectivity index (χ3v) is 2.93. The fraction of sp³-hybridized carbons (Fsp3) is 0.889. The Morgan fingerprint density at radius 3 is 2.42 bits per heavy atom. The van der Waals surface area contributed by atoms with Gasteiger partial charge in [-0.3, -0.25) is 5.32 Å². The van der Waals surface area contributed by atoms with Crippen LogP contribution >= 0.6 is 0 Å². The summed E-state index contributed by atoms with van der Waals surface area (Å²) < 4.78 is 0. The molecule has 3 heteroatoms. The van der Waals surface area contributed by atoms with Gasteiger partial charge in [-0.05, 0) is 12.8 Å². The van der Waals surface area contributed by atoms with Crippen molar-refractivity contribution in [3.63, 3.8) is 0 Å². The van der Waals surface area contributed by atoms with Crippen molar-refractivity contribution in [1.29, 1.82) is 5.26 Å². The van der Waals surface area contributed by atoms with Crippen LogP contribution in [0.2, 0.25) is 0 Å². The minimum Gasteiger partial charge on any atom is -0.314 e. The van der Waals surface area contributed by atoms with Crippen molar-refractivity contribution >= 4 is 0 Å². The van der Waals surface area contributed by atoms with Crippen molar-refractivity contribution in [2.75, 3.05) is 13.1 Å². The molecule has 0 spiro atoms. The topological polar surface area (TPSA) is 47.9 Å². The molecule has 2 N–H and O–H groups in total. The second-order valence-corrected chi connectivity index (χ2v) is 3.90. The first kappa shape index (κ1) is 8.03. The molecule has 0 amide bonds. The van der Waals surface area contributed by atoms with E-state index in [1.807, 2.05) is 0 Å². The number of nitriles is 1. The minimum atomic E-state index is -0.174. The third-order valence-electron chi connectivity index (χ3n) is 2.93. The first-order chi connectivity index (χ1) is 5.85. The highest BCUT2D eigenvalue weighted by molar-refractivity contribution is 5.11. The smallest absolute Gasteiger partial charge is 0.107 e. The average molecular weight is 165 g/mol. The Morgan fingerprint density at radius 1 is 1.33 bits per heavy atom. The van der Waals surface area contributed by atoms with Crippen LogP contribution < -0.4 is 10.6 Å². The molecular weight excluding hydrogens is 150 g/mol. The zero-order valence-electron chi connectivity index (χ0n) is 7.27. The molecule has 66 valence electrons. The summed E-state index contributed by atoms with van der Waals surface area (Å²) in [5.74, 6) is 0. The molecule has 0 unspecified atom stereocenters. The molecule has 0 aromatic rings. The fourth-order valence-electron chi connectivity index (χ4n) is 2.05. The summed E-state index contributed by atoms with van der Waals surface area (Å²) in [6.45, 7) is 2.06. The Kier molecular flexibility index (Phi) is 2.03. The van der Waals surface area contributed by atoms with Gasteiger partial charge in [-0.2, -0.15) is 5.26 Å². The van der Waals surface area contributed by atoms with Gasteiger partial charge >= 0.3 is 0 Å². The summed E-state index contributed by atoms with van der Waals surface area (Å²) in [7, 11) is 0. The van der Waals surface area contributed by atoms with E-state index >= 15 is 0 Å². The molecule has 1 aliphatic heterocycles. The van der Waals surface area contributed by atoms with Crippen LogP contribution in [0.4, 0.5) is 0 Å². The maximum absolute atomic E-state index is 9.05. The lowest BCUT2D eigenvalue weighted by atomic mass is 9.97. The first-order valence-corrected chi connectivity index (χ1v) is 4.74. The molecular formula is C9H15N3. The zero-order chi connectivity index (χ0) is 8.44. The van der Waals surface area contributed by atoms with Crippen LogP contribution in [0.1, 0.15) is 25.7 Å². The number of hydrogen-bond donors (Lipinski definition) is 2. The highest BCUT2D eigenvalue weighted by Crippen LogP contribution is 2.29. The second-order valence-electron chi connectivity index (χ2n) is 3.90. The van der Waals surface area contributed by atoms with E-state index in [9.17, 15) is 0 Å². The van der Waals surface area contributed by atoms with Crippen molar-refractivity contribution in [2.24, 2.45) is 0 Å². The van der Waals surface area contributed by atoms with E-state index in [1.165, 1.54) is 12.8 Å². The molecule has 3 nitrogen and oxygen atoms in total. The number of rotatable bonds is 2. The van der Waals surface area contributed by atoms with E-state index in [1.54, 1.807) is 0 Å². The SMILES string of the molecule is N#CC1(NC2CNC2)CCCC1. The molecule has 1 aliphatic carbocycles. The standard InChI is InChI=1S/C9H15N3/c10-7-9(3-1-2-4-9)12-8-5-11-6-8/h8,11-12H,1-6H2. The first-order valence-electron chi connectivity index (χ1n) is 4.74. The maximum atomic E-state index is 9.05. The normalized spacial score (nSPS) is 27.9. The van der Waals surface area contributed by atoms with Gasteiger partial charge in [0.25, 0.3) is 0 Å². The summed E-state index contributed by atoms with van der Waals surface area (Å²) in [6.07, 6.45) is 4.50. The lowest BCUT2D eigenvalue weighted by Crippen LogP contribution is -2.61. The highest BCUT2D eigenvalue weighted by Gasteiger charge is 2.36. The van der Waals surface area contributed by atoms with Gasteiger partial charge in [0.05, 0.1) is 6.07 Å². The van der Waals surface area contributed by atoms with Crippen molar-refractivity contribution in [2.45, 2.75) is 37.3 Å². The predicted molar refractivity (Wildman–Crippen MR) is 46.6 cm³/mol. The van der Waals surface area contributed by atoms with Gasteiger partial charge in [-0.15, -0.1) is 0 Å². The quantitative estimate of drug-likeness (QED) is 0.622. The Bertz CT molecular complexity index is 196. The predicted octanol–water partition coefficient (Wildman–Crippen LogP) is 0.384. The van der Waals surface area contributed by atoms with Gasteiger partial charge in [0.2, 0.25) is 0 Å². The second kappa shape index (κ2) is 3.04. The molecule has 2 fully saturated rings. The average Bonchev–Trinajstić information content (AvgIpc) is 2.46. The van der Waals surface area contributed by atoms with Crippen LogP contribution in [0.5, 0.6) is 0 Å². The van der Waals surface area contributed by atoms with E-state index in [0.717, 1.165) is 25.9 Å². The van der Waals surface area contributed by atoms with E-state index in [0.29, 0.717) is 6.04 Å². The van der Waals surface area contributed by atoms with Gasteiger partial charge in [-0.1, -0.05) is 12.8 Å².